The van der Waals surface area contributed by atoms with Crippen LogP contribution in [0.1, 0.15) is 18.5 Å². The molecule has 0 bridgehead atoms. The van der Waals surface area contributed by atoms with Crippen molar-refractivity contribution in [2.24, 2.45) is 11.7 Å². The second-order valence-electron chi connectivity index (χ2n) is 4.34. The van der Waals surface area contributed by atoms with Gasteiger partial charge in [-0.25, -0.2) is 4.79 Å². The summed E-state index contributed by atoms with van der Waals surface area (Å²) in [4.78, 5) is 33.7. The molecule has 0 aliphatic carbocycles. The van der Waals surface area contributed by atoms with Crippen LogP contribution in [0.4, 0.5) is 4.79 Å². The maximum absolute atomic E-state index is 12.0. The Kier molecular flexibility index (Phi) is 5.52. The summed E-state index contributed by atoms with van der Waals surface area (Å²) in [7, 11) is 0. The first-order valence-corrected chi connectivity index (χ1v) is 6.03. The van der Waals surface area contributed by atoms with E-state index in [0.29, 0.717) is 5.56 Å². The van der Waals surface area contributed by atoms with E-state index in [2.05, 4.69) is 10.6 Å². The van der Waals surface area contributed by atoms with Crippen molar-refractivity contribution in [1.82, 2.24) is 10.6 Å². The summed E-state index contributed by atoms with van der Waals surface area (Å²) in [5, 5.41) is 13.6. The van der Waals surface area contributed by atoms with E-state index in [1.807, 2.05) is 0 Å². The predicted molar refractivity (Wildman–Crippen MR) is 71.7 cm³/mol. The van der Waals surface area contributed by atoms with Gasteiger partial charge >= 0.3 is 12.0 Å². The van der Waals surface area contributed by atoms with Gasteiger partial charge in [-0.15, -0.1) is 0 Å². The van der Waals surface area contributed by atoms with E-state index < -0.39 is 29.9 Å². The molecule has 1 aromatic carbocycles. The molecule has 0 fully saturated rings. The Balaban J connectivity index is 2.76. The van der Waals surface area contributed by atoms with Gasteiger partial charge in [0.05, 0.1) is 5.92 Å². The lowest BCUT2D eigenvalue weighted by Crippen LogP contribution is -2.44. The molecule has 7 heteroatoms. The van der Waals surface area contributed by atoms with Gasteiger partial charge in [0.2, 0.25) is 5.91 Å². The molecule has 20 heavy (non-hydrogen) atoms. The Hall–Kier alpha value is -2.57. The summed E-state index contributed by atoms with van der Waals surface area (Å²) in [6.07, 6.45) is 0. The first kappa shape index (κ1) is 15.5. The van der Waals surface area contributed by atoms with Gasteiger partial charge in [0.15, 0.2) is 0 Å². The van der Waals surface area contributed by atoms with Crippen molar-refractivity contribution in [1.29, 1.82) is 0 Å². The van der Waals surface area contributed by atoms with Crippen LogP contribution in [0.25, 0.3) is 0 Å². The summed E-state index contributed by atoms with van der Waals surface area (Å²) in [6, 6.07) is 6.77. The van der Waals surface area contributed by atoms with Crippen LogP contribution < -0.4 is 16.4 Å². The molecule has 0 heterocycles. The number of nitrogens with one attached hydrogen (secondary N) is 2. The minimum Gasteiger partial charge on any atom is -0.481 e. The fourth-order valence-corrected chi connectivity index (χ4v) is 1.53. The summed E-state index contributed by atoms with van der Waals surface area (Å²) in [6.45, 7) is 1.44. The Labute approximate surface area is 116 Å². The molecule has 0 aromatic heterocycles. The molecule has 2 atom stereocenters. The van der Waals surface area contributed by atoms with E-state index in [9.17, 15) is 14.4 Å². The molecule has 1 rings (SSSR count). The number of hydrogen-bond donors (Lipinski definition) is 4. The number of primary amides is 1. The van der Waals surface area contributed by atoms with Crippen molar-refractivity contribution in [2.45, 2.75) is 13.0 Å². The molecular formula is C13H17N3O4. The molecule has 1 aromatic rings. The zero-order valence-corrected chi connectivity index (χ0v) is 11.0. The van der Waals surface area contributed by atoms with E-state index in [4.69, 9.17) is 10.8 Å². The van der Waals surface area contributed by atoms with Crippen molar-refractivity contribution in [3.05, 3.63) is 35.9 Å². The molecule has 7 nitrogen and oxygen atoms in total. The van der Waals surface area contributed by atoms with Crippen LogP contribution >= 0.6 is 0 Å². The number of carboxylic acids is 1. The van der Waals surface area contributed by atoms with Crippen LogP contribution in [0.5, 0.6) is 0 Å². The van der Waals surface area contributed by atoms with Crippen molar-refractivity contribution in [3.63, 3.8) is 0 Å². The molecule has 0 aliphatic heterocycles. The van der Waals surface area contributed by atoms with Gasteiger partial charge in [-0.2, -0.15) is 0 Å². The average Bonchev–Trinajstić information content (AvgIpc) is 2.42. The molecule has 5 N–H and O–H groups in total. The number of aliphatic carboxylic acids is 1. The zero-order valence-electron chi connectivity index (χ0n) is 11.0. The lowest BCUT2D eigenvalue weighted by Gasteiger charge is -2.18. The molecule has 108 valence electrons. The number of carboxylic acid groups (broad SMARTS) is 1. The number of hydrogen-bond acceptors (Lipinski definition) is 3. The first-order valence-electron chi connectivity index (χ1n) is 6.03. The molecule has 0 spiro atoms. The summed E-state index contributed by atoms with van der Waals surface area (Å²) >= 11 is 0. The van der Waals surface area contributed by atoms with E-state index >= 15 is 0 Å². The number of urea groups is 1. The minimum atomic E-state index is -1.01. The maximum Gasteiger partial charge on any atom is 0.313 e. The van der Waals surface area contributed by atoms with Crippen molar-refractivity contribution < 1.29 is 19.5 Å². The van der Waals surface area contributed by atoms with Crippen LogP contribution in [0.2, 0.25) is 0 Å². The van der Waals surface area contributed by atoms with Gasteiger partial charge in [-0.1, -0.05) is 37.3 Å². The summed E-state index contributed by atoms with van der Waals surface area (Å²) in [5.74, 6) is -2.24. The number of benzene rings is 1. The van der Waals surface area contributed by atoms with Gasteiger partial charge in [-0.3, -0.25) is 9.59 Å². The van der Waals surface area contributed by atoms with Gasteiger partial charge in [0.1, 0.15) is 6.04 Å². The minimum absolute atomic E-state index is 0.0298. The molecule has 2 unspecified atom stereocenters. The van der Waals surface area contributed by atoms with Gasteiger partial charge in [0.25, 0.3) is 0 Å². The average molecular weight is 279 g/mol. The smallest absolute Gasteiger partial charge is 0.313 e. The Morgan fingerprint density at radius 1 is 1.25 bits per heavy atom. The highest BCUT2D eigenvalue weighted by atomic mass is 16.4. The third-order valence-corrected chi connectivity index (χ3v) is 2.69. The lowest BCUT2D eigenvalue weighted by atomic mass is 10.1. The van der Waals surface area contributed by atoms with Crippen LogP contribution in [-0.2, 0) is 9.59 Å². The molecule has 0 saturated heterocycles. The van der Waals surface area contributed by atoms with Crippen LogP contribution in [0, 0.1) is 5.92 Å². The summed E-state index contributed by atoms with van der Waals surface area (Å²) < 4.78 is 0. The molecule has 0 saturated carbocycles. The lowest BCUT2D eigenvalue weighted by molar-refractivity contribution is -0.141. The largest absolute Gasteiger partial charge is 0.481 e. The number of nitrogens with two attached hydrogens (primary N) is 1. The highest BCUT2D eigenvalue weighted by Crippen LogP contribution is 2.12. The van der Waals surface area contributed by atoms with E-state index in [0.717, 1.165) is 0 Å². The Morgan fingerprint density at radius 3 is 2.35 bits per heavy atom. The van der Waals surface area contributed by atoms with E-state index in [1.165, 1.54) is 6.92 Å². The van der Waals surface area contributed by atoms with Gasteiger partial charge in [0, 0.05) is 6.54 Å². The monoisotopic (exact) mass is 279 g/mol. The zero-order chi connectivity index (χ0) is 15.1. The topological polar surface area (TPSA) is 122 Å². The molecule has 0 aliphatic rings. The molecular weight excluding hydrogens is 262 g/mol. The highest BCUT2D eigenvalue weighted by molar-refractivity contribution is 5.88. The van der Waals surface area contributed by atoms with Crippen molar-refractivity contribution >= 4 is 17.9 Å². The fraction of sp³-hybridized carbons (Fsp3) is 0.308. The highest BCUT2D eigenvalue weighted by Gasteiger charge is 2.22. The van der Waals surface area contributed by atoms with Crippen molar-refractivity contribution in [2.75, 3.05) is 6.54 Å². The quantitative estimate of drug-likeness (QED) is 0.595. The number of carbonyl (C=O) groups excluding carboxylic acids is 2. The molecule has 0 radical (unpaired) electrons. The number of amides is 3. The number of carbonyl (C=O) groups is 3. The second-order valence-corrected chi connectivity index (χ2v) is 4.34. The second kappa shape index (κ2) is 7.13. The standard InChI is InChI=1S/C13H17N3O4/c1-8(12(18)19)7-15-11(17)10(16-13(14)20)9-5-3-2-4-6-9/h2-6,8,10H,7H2,1H3,(H,15,17)(H,18,19)(H3,14,16,20). The van der Waals surface area contributed by atoms with Crippen LogP contribution in [-0.4, -0.2) is 29.6 Å². The normalized spacial score (nSPS) is 13.1. The van der Waals surface area contributed by atoms with Crippen molar-refractivity contribution in [3.8, 4) is 0 Å². The molecule has 3 amide bonds. The predicted octanol–water partition coefficient (Wildman–Crippen LogP) is 0.233. The Bertz CT molecular complexity index is 490. The first-order chi connectivity index (χ1) is 9.41. The van der Waals surface area contributed by atoms with Gasteiger partial charge < -0.3 is 21.5 Å². The SMILES string of the molecule is CC(CNC(=O)C(NC(N)=O)c1ccccc1)C(=O)O. The van der Waals surface area contributed by atoms with E-state index in [1.54, 1.807) is 30.3 Å². The maximum atomic E-state index is 12.0. The summed E-state index contributed by atoms with van der Waals surface area (Å²) in [5.41, 5.74) is 5.61. The fourth-order valence-electron chi connectivity index (χ4n) is 1.53. The van der Waals surface area contributed by atoms with E-state index in [-0.39, 0.29) is 6.54 Å². The van der Waals surface area contributed by atoms with Crippen LogP contribution in [0.3, 0.4) is 0 Å². The third-order valence-electron chi connectivity index (χ3n) is 2.69. The Morgan fingerprint density at radius 2 is 1.85 bits per heavy atom. The van der Waals surface area contributed by atoms with Crippen LogP contribution in [0.15, 0.2) is 30.3 Å². The van der Waals surface area contributed by atoms with Gasteiger partial charge in [-0.05, 0) is 5.56 Å². The third kappa shape index (κ3) is 4.60. The number of rotatable bonds is 6.